The zero-order valence-corrected chi connectivity index (χ0v) is 9.80. The number of hydrogen-bond acceptors (Lipinski definition) is 3. The Morgan fingerprint density at radius 1 is 1.28 bits per heavy atom. The normalized spacial score (nSPS) is 15.3. The van der Waals surface area contributed by atoms with Crippen molar-refractivity contribution in [2.24, 2.45) is 0 Å². The number of anilines is 1. The fraction of sp³-hybridized carbons (Fsp3) is 0.231. The third-order valence-corrected chi connectivity index (χ3v) is 3.42. The van der Waals surface area contributed by atoms with E-state index in [9.17, 15) is 0 Å². The van der Waals surface area contributed by atoms with E-state index in [0.29, 0.717) is 11.9 Å². The molecule has 1 aromatic carbocycles. The molecule has 1 aliphatic rings. The van der Waals surface area contributed by atoms with Gasteiger partial charge in [-0.1, -0.05) is 6.07 Å². The molecule has 5 nitrogen and oxygen atoms in total. The van der Waals surface area contributed by atoms with Gasteiger partial charge in [0.25, 0.3) is 0 Å². The van der Waals surface area contributed by atoms with Crippen LogP contribution < -0.4 is 5.73 Å². The lowest BCUT2D eigenvalue weighted by Gasteiger charge is -2.01. The molecule has 3 N–H and O–H groups in total. The number of hydrogen-bond donors (Lipinski definition) is 2. The smallest absolute Gasteiger partial charge is 0.145 e. The molecular formula is C13H13N5. The molecule has 1 saturated carbocycles. The summed E-state index contributed by atoms with van der Waals surface area (Å²) >= 11 is 0. The predicted octanol–water partition coefficient (Wildman–Crippen LogP) is 2.34. The van der Waals surface area contributed by atoms with Gasteiger partial charge in [0, 0.05) is 17.7 Å². The monoisotopic (exact) mass is 239 g/mol. The number of aromatic nitrogens is 4. The van der Waals surface area contributed by atoms with Crippen LogP contribution in [0.15, 0.2) is 30.6 Å². The number of nitrogens with one attached hydrogen (secondary N) is 1. The molecule has 0 aliphatic heterocycles. The van der Waals surface area contributed by atoms with Crippen LogP contribution >= 0.6 is 0 Å². The number of rotatable bonds is 2. The summed E-state index contributed by atoms with van der Waals surface area (Å²) in [4.78, 5) is 4.47. The standard InChI is InChI=1S/C13H13N5/c14-13-6-10(16-17-13)8-1-4-12-11(5-8)15-7-18(12)9-2-3-9/h1,4-7,9H,2-3H2,(H3,14,16,17). The quantitative estimate of drug-likeness (QED) is 0.721. The van der Waals surface area contributed by atoms with E-state index in [0.717, 1.165) is 16.8 Å². The minimum absolute atomic E-state index is 0.508. The molecule has 0 radical (unpaired) electrons. The van der Waals surface area contributed by atoms with Crippen LogP contribution in [0.4, 0.5) is 5.82 Å². The number of aromatic amines is 1. The maximum absolute atomic E-state index is 5.62. The highest BCUT2D eigenvalue weighted by molar-refractivity contribution is 5.81. The van der Waals surface area contributed by atoms with Gasteiger partial charge in [-0.15, -0.1) is 0 Å². The average molecular weight is 239 g/mol. The minimum Gasteiger partial charge on any atom is -0.382 e. The number of benzene rings is 1. The number of nitrogens with two attached hydrogens (primary N) is 1. The van der Waals surface area contributed by atoms with Crippen LogP contribution in [0.5, 0.6) is 0 Å². The zero-order valence-electron chi connectivity index (χ0n) is 9.80. The Balaban J connectivity index is 1.84. The number of fused-ring (bicyclic) bond motifs is 1. The Kier molecular flexibility index (Phi) is 1.81. The molecule has 5 heteroatoms. The molecular weight excluding hydrogens is 226 g/mol. The van der Waals surface area contributed by atoms with E-state index in [1.807, 2.05) is 12.4 Å². The Morgan fingerprint density at radius 2 is 2.17 bits per heavy atom. The minimum atomic E-state index is 0.508. The van der Waals surface area contributed by atoms with E-state index < -0.39 is 0 Å². The summed E-state index contributed by atoms with van der Waals surface area (Å²) in [5.41, 5.74) is 9.83. The molecule has 1 fully saturated rings. The summed E-state index contributed by atoms with van der Waals surface area (Å²) in [5.74, 6) is 0.508. The predicted molar refractivity (Wildman–Crippen MR) is 70.0 cm³/mol. The lowest BCUT2D eigenvalue weighted by molar-refractivity contribution is 0.766. The molecule has 0 amide bonds. The molecule has 0 saturated heterocycles. The highest BCUT2D eigenvalue weighted by Gasteiger charge is 2.24. The van der Waals surface area contributed by atoms with Crippen LogP contribution in [0.3, 0.4) is 0 Å². The third kappa shape index (κ3) is 1.40. The Morgan fingerprint density at radius 3 is 2.89 bits per heavy atom. The first-order valence-corrected chi connectivity index (χ1v) is 6.09. The van der Waals surface area contributed by atoms with Gasteiger partial charge in [0.1, 0.15) is 5.82 Å². The molecule has 4 rings (SSSR count). The lowest BCUT2D eigenvalue weighted by atomic mass is 10.1. The molecule has 3 aromatic rings. The summed E-state index contributed by atoms with van der Waals surface area (Å²) < 4.78 is 2.26. The second-order valence-electron chi connectivity index (χ2n) is 4.79. The SMILES string of the molecule is Nc1cc(-c2ccc3c(c2)ncn3C2CC2)[nH]n1. The zero-order chi connectivity index (χ0) is 12.1. The maximum atomic E-state index is 5.62. The van der Waals surface area contributed by atoms with Gasteiger partial charge in [-0.25, -0.2) is 4.98 Å². The van der Waals surface area contributed by atoms with Gasteiger partial charge in [-0.3, -0.25) is 5.10 Å². The average Bonchev–Trinajstić information content (AvgIpc) is 2.99. The maximum Gasteiger partial charge on any atom is 0.145 e. The van der Waals surface area contributed by atoms with Crippen LogP contribution in [0, 0.1) is 0 Å². The Bertz CT molecular complexity index is 720. The highest BCUT2D eigenvalue weighted by atomic mass is 15.2. The molecule has 2 heterocycles. The lowest BCUT2D eigenvalue weighted by Crippen LogP contribution is -1.90. The van der Waals surface area contributed by atoms with E-state index in [-0.39, 0.29) is 0 Å². The first-order chi connectivity index (χ1) is 8.81. The van der Waals surface area contributed by atoms with E-state index in [2.05, 4.69) is 37.9 Å². The first kappa shape index (κ1) is 9.70. The Labute approximate surface area is 104 Å². The van der Waals surface area contributed by atoms with Crippen LogP contribution in [0.1, 0.15) is 18.9 Å². The van der Waals surface area contributed by atoms with Gasteiger partial charge in [-0.2, -0.15) is 5.10 Å². The van der Waals surface area contributed by atoms with E-state index in [4.69, 9.17) is 5.73 Å². The van der Waals surface area contributed by atoms with Crippen molar-refractivity contribution in [3.05, 3.63) is 30.6 Å². The molecule has 0 spiro atoms. The van der Waals surface area contributed by atoms with Gasteiger partial charge >= 0.3 is 0 Å². The molecule has 2 aromatic heterocycles. The highest BCUT2D eigenvalue weighted by Crippen LogP contribution is 2.37. The molecule has 1 aliphatic carbocycles. The third-order valence-electron chi connectivity index (χ3n) is 3.42. The van der Waals surface area contributed by atoms with Gasteiger partial charge in [0.2, 0.25) is 0 Å². The van der Waals surface area contributed by atoms with Crippen molar-refractivity contribution in [3.63, 3.8) is 0 Å². The van der Waals surface area contributed by atoms with Crippen LogP contribution in [0.2, 0.25) is 0 Å². The number of H-pyrrole nitrogens is 1. The van der Waals surface area contributed by atoms with E-state index >= 15 is 0 Å². The van der Waals surface area contributed by atoms with Crippen molar-refractivity contribution in [3.8, 4) is 11.3 Å². The topological polar surface area (TPSA) is 72.5 Å². The number of imidazole rings is 1. The van der Waals surface area contributed by atoms with Gasteiger partial charge in [-0.05, 0) is 25.0 Å². The summed E-state index contributed by atoms with van der Waals surface area (Å²) in [6.07, 6.45) is 4.47. The van der Waals surface area contributed by atoms with Crippen molar-refractivity contribution in [2.75, 3.05) is 5.73 Å². The van der Waals surface area contributed by atoms with E-state index in [1.165, 1.54) is 18.4 Å². The summed E-state index contributed by atoms with van der Waals surface area (Å²) in [7, 11) is 0. The molecule has 90 valence electrons. The Hall–Kier alpha value is -2.30. The number of nitrogen functional groups attached to an aromatic ring is 1. The van der Waals surface area contributed by atoms with Crippen LogP contribution in [0.25, 0.3) is 22.3 Å². The summed E-state index contributed by atoms with van der Waals surface area (Å²) in [6.45, 7) is 0. The fourth-order valence-electron chi connectivity index (χ4n) is 2.33. The summed E-state index contributed by atoms with van der Waals surface area (Å²) in [5, 5.41) is 6.86. The van der Waals surface area contributed by atoms with Crippen molar-refractivity contribution >= 4 is 16.9 Å². The van der Waals surface area contributed by atoms with Gasteiger partial charge in [0.15, 0.2) is 0 Å². The second kappa shape index (κ2) is 3.35. The van der Waals surface area contributed by atoms with Gasteiger partial charge in [0.05, 0.1) is 23.1 Å². The largest absolute Gasteiger partial charge is 0.382 e. The van der Waals surface area contributed by atoms with Crippen molar-refractivity contribution in [1.82, 2.24) is 19.7 Å². The van der Waals surface area contributed by atoms with Gasteiger partial charge < -0.3 is 10.3 Å². The van der Waals surface area contributed by atoms with Crippen molar-refractivity contribution < 1.29 is 0 Å². The molecule has 0 unspecified atom stereocenters. The molecule has 0 atom stereocenters. The first-order valence-electron chi connectivity index (χ1n) is 6.09. The van der Waals surface area contributed by atoms with Crippen molar-refractivity contribution in [1.29, 1.82) is 0 Å². The van der Waals surface area contributed by atoms with E-state index in [1.54, 1.807) is 0 Å². The van der Waals surface area contributed by atoms with Crippen molar-refractivity contribution in [2.45, 2.75) is 18.9 Å². The van der Waals surface area contributed by atoms with Crippen LogP contribution in [-0.2, 0) is 0 Å². The van der Waals surface area contributed by atoms with Crippen LogP contribution in [-0.4, -0.2) is 19.7 Å². The summed E-state index contributed by atoms with van der Waals surface area (Å²) in [6, 6.07) is 8.76. The number of nitrogens with zero attached hydrogens (tertiary/aromatic N) is 3. The fourth-order valence-corrected chi connectivity index (χ4v) is 2.33. The molecule has 0 bridgehead atoms. The second-order valence-corrected chi connectivity index (χ2v) is 4.79. The molecule has 18 heavy (non-hydrogen) atoms.